The molecular weight excluding hydrogens is 316 g/mol. The molecular formula is C16H15BrN2O. The zero-order valence-corrected chi connectivity index (χ0v) is 12.5. The van der Waals surface area contributed by atoms with E-state index in [2.05, 4.69) is 27.3 Å². The van der Waals surface area contributed by atoms with Gasteiger partial charge in [-0.2, -0.15) is 5.26 Å². The van der Waals surface area contributed by atoms with Crippen molar-refractivity contribution in [1.29, 1.82) is 5.26 Å². The van der Waals surface area contributed by atoms with Crippen molar-refractivity contribution in [3.05, 3.63) is 64.1 Å². The van der Waals surface area contributed by atoms with Gasteiger partial charge in [0.25, 0.3) is 0 Å². The highest BCUT2D eigenvalue weighted by molar-refractivity contribution is 9.10. The van der Waals surface area contributed by atoms with Crippen molar-refractivity contribution < 1.29 is 5.11 Å². The van der Waals surface area contributed by atoms with Crippen molar-refractivity contribution in [2.24, 2.45) is 0 Å². The summed E-state index contributed by atoms with van der Waals surface area (Å²) in [5, 5.41) is 21.7. The minimum Gasteiger partial charge on any atom is -0.394 e. The number of aliphatic hydroxyl groups is 1. The van der Waals surface area contributed by atoms with Gasteiger partial charge < -0.3 is 10.4 Å². The minimum atomic E-state index is -0.0850. The Morgan fingerprint density at radius 2 is 1.95 bits per heavy atom. The van der Waals surface area contributed by atoms with E-state index >= 15 is 0 Å². The van der Waals surface area contributed by atoms with Crippen LogP contribution in [0.3, 0.4) is 0 Å². The fourth-order valence-corrected chi connectivity index (χ4v) is 2.53. The van der Waals surface area contributed by atoms with Crippen LogP contribution in [0.15, 0.2) is 53.0 Å². The summed E-state index contributed by atoms with van der Waals surface area (Å²) in [5.74, 6) is 0. The van der Waals surface area contributed by atoms with Gasteiger partial charge in [-0.1, -0.05) is 46.3 Å². The zero-order valence-electron chi connectivity index (χ0n) is 10.9. The summed E-state index contributed by atoms with van der Waals surface area (Å²) in [6.45, 7) is 0.0310. The Kier molecular flexibility index (Phi) is 5.16. The number of aliphatic hydroxyl groups excluding tert-OH is 1. The molecule has 1 atom stereocenters. The number of hydrogen-bond donors (Lipinski definition) is 2. The first kappa shape index (κ1) is 14.6. The summed E-state index contributed by atoms with van der Waals surface area (Å²) in [6.07, 6.45) is 0.728. The molecule has 0 aromatic heterocycles. The Hall–Kier alpha value is -1.83. The van der Waals surface area contributed by atoms with Gasteiger partial charge >= 0.3 is 0 Å². The maximum atomic E-state index is 9.51. The Bertz CT molecular complexity index is 608. The van der Waals surface area contributed by atoms with E-state index in [-0.39, 0.29) is 12.6 Å². The lowest BCUT2D eigenvalue weighted by Gasteiger charge is -2.18. The fourth-order valence-electron chi connectivity index (χ4n) is 2.03. The van der Waals surface area contributed by atoms with Crippen molar-refractivity contribution in [1.82, 2.24) is 0 Å². The van der Waals surface area contributed by atoms with Crippen LogP contribution in [0.5, 0.6) is 0 Å². The summed E-state index contributed by atoms with van der Waals surface area (Å²) in [7, 11) is 0. The molecule has 0 aliphatic rings. The molecule has 2 rings (SSSR count). The first-order valence-corrected chi connectivity index (χ1v) is 7.12. The van der Waals surface area contributed by atoms with Gasteiger partial charge in [-0.05, 0) is 30.2 Å². The van der Waals surface area contributed by atoms with Crippen LogP contribution in [0.2, 0.25) is 0 Å². The van der Waals surface area contributed by atoms with Crippen LogP contribution in [0, 0.1) is 11.3 Å². The number of anilines is 1. The van der Waals surface area contributed by atoms with Gasteiger partial charge in [0.05, 0.1) is 24.3 Å². The van der Waals surface area contributed by atoms with Crippen LogP contribution < -0.4 is 5.32 Å². The molecule has 1 unspecified atom stereocenters. The number of nitrogens with one attached hydrogen (secondary N) is 1. The first-order valence-electron chi connectivity index (χ1n) is 6.33. The number of hydrogen-bond acceptors (Lipinski definition) is 3. The highest BCUT2D eigenvalue weighted by Crippen LogP contribution is 2.20. The van der Waals surface area contributed by atoms with Crippen molar-refractivity contribution in [2.75, 3.05) is 11.9 Å². The maximum absolute atomic E-state index is 9.51. The Labute approximate surface area is 127 Å². The largest absolute Gasteiger partial charge is 0.394 e. The molecule has 20 heavy (non-hydrogen) atoms. The molecule has 0 radical (unpaired) electrons. The molecule has 0 bridgehead atoms. The van der Waals surface area contributed by atoms with Crippen molar-refractivity contribution >= 4 is 21.6 Å². The van der Waals surface area contributed by atoms with E-state index in [1.165, 1.54) is 0 Å². The summed E-state index contributed by atoms with van der Waals surface area (Å²) in [6, 6.07) is 17.5. The van der Waals surface area contributed by atoms with E-state index in [1.807, 2.05) is 36.4 Å². The average Bonchev–Trinajstić information content (AvgIpc) is 2.47. The molecule has 4 heteroatoms. The summed E-state index contributed by atoms with van der Waals surface area (Å²) in [4.78, 5) is 0. The van der Waals surface area contributed by atoms with Gasteiger partial charge in [0, 0.05) is 10.2 Å². The molecule has 2 aromatic carbocycles. The van der Waals surface area contributed by atoms with Crippen molar-refractivity contribution in [3.8, 4) is 6.07 Å². The summed E-state index contributed by atoms with van der Waals surface area (Å²) < 4.78 is 0.843. The number of rotatable bonds is 5. The second kappa shape index (κ2) is 7.09. The number of nitriles is 1. The molecule has 0 amide bonds. The van der Waals surface area contributed by atoms with E-state index in [4.69, 9.17) is 5.26 Å². The highest BCUT2D eigenvalue weighted by atomic mass is 79.9. The van der Waals surface area contributed by atoms with Gasteiger partial charge in [-0.25, -0.2) is 0 Å². The van der Waals surface area contributed by atoms with E-state index in [0.29, 0.717) is 5.56 Å². The number of nitrogens with zero attached hydrogens (tertiary/aromatic N) is 1. The first-order chi connectivity index (χ1) is 9.71. The molecule has 0 aliphatic heterocycles. The van der Waals surface area contributed by atoms with Crippen LogP contribution in [0.1, 0.15) is 11.1 Å². The number of benzene rings is 2. The molecule has 2 aromatic rings. The maximum Gasteiger partial charge on any atom is 0.0992 e. The third-order valence-electron chi connectivity index (χ3n) is 2.94. The van der Waals surface area contributed by atoms with E-state index < -0.39 is 0 Å². The Balaban J connectivity index is 2.10. The van der Waals surface area contributed by atoms with Gasteiger partial charge in [0.1, 0.15) is 0 Å². The summed E-state index contributed by atoms with van der Waals surface area (Å²) >= 11 is 3.38. The van der Waals surface area contributed by atoms with E-state index in [0.717, 1.165) is 22.1 Å². The van der Waals surface area contributed by atoms with Gasteiger partial charge in [0.2, 0.25) is 0 Å². The Morgan fingerprint density at radius 3 is 2.60 bits per heavy atom. The predicted octanol–water partition coefficient (Wildman–Crippen LogP) is 3.34. The van der Waals surface area contributed by atoms with E-state index in [1.54, 1.807) is 12.1 Å². The Morgan fingerprint density at radius 1 is 1.20 bits per heavy atom. The van der Waals surface area contributed by atoms with E-state index in [9.17, 15) is 5.11 Å². The standard InChI is InChI=1S/C16H15BrN2O/c17-14-6-13(10-18)8-15(9-14)19-16(11-20)7-12-4-2-1-3-5-12/h1-6,8-9,16,19-20H,7,11H2. The van der Waals surface area contributed by atoms with Gasteiger partial charge in [-0.15, -0.1) is 0 Å². The molecule has 0 spiro atoms. The second-order valence-electron chi connectivity index (χ2n) is 4.55. The lowest BCUT2D eigenvalue weighted by molar-refractivity contribution is 0.273. The number of halogens is 1. The molecule has 0 aliphatic carbocycles. The van der Waals surface area contributed by atoms with Crippen LogP contribution >= 0.6 is 15.9 Å². The zero-order chi connectivity index (χ0) is 14.4. The smallest absolute Gasteiger partial charge is 0.0992 e. The lowest BCUT2D eigenvalue weighted by Crippen LogP contribution is -2.26. The predicted molar refractivity (Wildman–Crippen MR) is 83.5 cm³/mol. The second-order valence-corrected chi connectivity index (χ2v) is 5.47. The summed E-state index contributed by atoms with van der Waals surface area (Å²) in [5.41, 5.74) is 2.57. The van der Waals surface area contributed by atoms with Crippen LogP contribution in [-0.2, 0) is 6.42 Å². The molecule has 0 saturated carbocycles. The monoisotopic (exact) mass is 330 g/mol. The van der Waals surface area contributed by atoms with Crippen LogP contribution in [0.25, 0.3) is 0 Å². The van der Waals surface area contributed by atoms with Crippen LogP contribution in [0.4, 0.5) is 5.69 Å². The quantitative estimate of drug-likeness (QED) is 0.884. The van der Waals surface area contributed by atoms with Crippen molar-refractivity contribution in [3.63, 3.8) is 0 Å². The third kappa shape index (κ3) is 4.09. The highest BCUT2D eigenvalue weighted by Gasteiger charge is 2.09. The molecule has 2 N–H and O–H groups in total. The van der Waals surface area contributed by atoms with Crippen molar-refractivity contribution in [2.45, 2.75) is 12.5 Å². The topological polar surface area (TPSA) is 56.0 Å². The third-order valence-corrected chi connectivity index (χ3v) is 3.40. The van der Waals surface area contributed by atoms with Gasteiger partial charge in [-0.3, -0.25) is 0 Å². The molecule has 102 valence electrons. The van der Waals surface area contributed by atoms with Gasteiger partial charge in [0.15, 0.2) is 0 Å². The minimum absolute atomic E-state index is 0.0310. The molecule has 0 heterocycles. The molecule has 3 nitrogen and oxygen atoms in total. The lowest BCUT2D eigenvalue weighted by atomic mass is 10.1. The molecule has 0 fully saturated rings. The average molecular weight is 331 g/mol. The fraction of sp³-hybridized carbons (Fsp3) is 0.188. The van der Waals surface area contributed by atoms with Crippen LogP contribution in [-0.4, -0.2) is 17.8 Å². The SMILES string of the molecule is N#Cc1cc(Br)cc(NC(CO)Cc2ccccc2)c1. The normalized spacial score (nSPS) is 11.7. The molecule has 0 saturated heterocycles.